The molecule has 1 saturated carbocycles. The molecule has 0 aromatic rings. The van der Waals surface area contributed by atoms with E-state index in [1.54, 1.807) is 4.90 Å². The monoisotopic (exact) mass is 215 g/mol. The molecule has 0 spiro atoms. The van der Waals surface area contributed by atoms with Crippen molar-refractivity contribution in [1.82, 2.24) is 4.90 Å². The summed E-state index contributed by atoms with van der Waals surface area (Å²) in [6.07, 6.45) is -0.0513. The van der Waals surface area contributed by atoms with Crippen molar-refractivity contribution in [1.29, 1.82) is 0 Å². The van der Waals surface area contributed by atoms with E-state index >= 15 is 0 Å². The van der Waals surface area contributed by atoms with Crippen molar-refractivity contribution in [3.63, 3.8) is 0 Å². The average molecular weight is 215 g/mol. The fraction of sp³-hybridized carbons (Fsp3) is 0.900. The molecule has 1 amide bonds. The number of nitrogens with zero attached hydrogens (tertiary/aromatic N) is 1. The van der Waals surface area contributed by atoms with Crippen molar-refractivity contribution in [2.75, 3.05) is 13.2 Å². The Morgan fingerprint density at radius 1 is 1.40 bits per heavy atom. The molecule has 4 atom stereocenters. The summed E-state index contributed by atoms with van der Waals surface area (Å²) < 4.78 is 0. The summed E-state index contributed by atoms with van der Waals surface area (Å²) in [5.41, 5.74) is 0. The van der Waals surface area contributed by atoms with Crippen LogP contribution in [0.3, 0.4) is 0 Å². The summed E-state index contributed by atoms with van der Waals surface area (Å²) in [6.45, 7) is 0.534. The van der Waals surface area contributed by atoms with Crippen molar-refractivity contribution >= 4 is 5.91 Å². The molecule has 2 aliphatic rings. The van der Waals surface area contributed by atoms with Gasteiger partial charge in [-0.1, -0.05) is 0 Å². The molecule has 15 heavy (non-hydrogen) atoms. The van der Waals surface area contributed by atoms with Crippen LogP contribution in [0.2, 0.25) is 0 Å². The van der Waals surface area contributed by atoms with Crippen LogP contribution in [0.15, 0.2) is 0 Å². The van der Waals surface area contributed by atoms with Gasteiger partial charge in [-0.3, -0.25) is 4.79 Å². The first kappa shape index (κ1) is 10.9. The number of amides is 1. The minimum Gasteiger partial charge on any atom is -0.396 e. The van der Waals surface area contributed by atoms with Crippen LogP contribution in [0.1, 0.15) is 19.3 Å². The lowest BCUT2D eigenvalue weighted by Gasteiger charge is -2.30. The number of likely N-dealkylation sites (tertiary alicyclic amines) is 1. The second-order valence-corrected chi connectivity index (χ2v) is 4.42. The maximum Gasteiger partial charge on any atom is 0.222 e. The van der Waals surface area contributed by atoms with Gasteiger partial charge < -0.3 is 20.2 Å². The van der Waals surface area contributed by atoms with Crippen LogP contribution in [0.4, 0.5) is 0 Å². The number of aliphatic hydroxyl groups excluding tert-OH is 3. The Hall–Kier alpha value is -0.650. The van der Waals surface area contributed by atoms with E-state index in [1.165, 1.54) is 0 Å². The zero-order valence-electron chi connectivity index (χ0n) is 8.54. The van der Waals surface area contributed by atoms with E-state index in [2.05, 4.69) is 0 Å². The molecule has 0 radical (unpaired) electrons. The van der Waals surface area contributed by atoms with E-state index in [0.29, 0.717) is 19.4 Å². The van der Waals surface area contributed by atoms with Gasteiger partial charge >= 0.3 is 0 Å². The number of rotatable bonds is 2. The zero-order valence-corrected chi connectivity index (χ0v) is 8.54. The van der Waals surface area contributed by atoms with Crippen molar-refractivity contribution in [2.45, 2.75) is 37.5 Å². The Balaban J connectivity index is 2.14. The first-order valence-corrected chi connectivity index (χ1v) is 5.41. The third kappa shape index (κ3) is 1.75. The first-order valence-electron chi connectivity index (χ1n) is 5.41. The fourth-order valence-electron chi connectivity index (χ4n) is 2.70. The molecule has 0 aromatic heterocycles. The van der Waals surface area contributed by atoms with Gasteiger partial charge in [0.2, 0.25) is 5.91 Å². The smallest absolute Gasteiger partial charge is 0.222 e. The molecular weight excluding hydrogens is 198 g/mol. The quantitative estimate of drug-likeness (QED) is 0.535. The molecule has 0 aromatic carbocycles. The molecular formula is C10H17NO4. The van der Waals surface area contributed by atoms with Crippen LogP contribution in [-0.4, -0.2) is 57.5 Å². The predicted octanol–water partition coefficient (Wildman–Crippen LogP) is -1.29. The highest BCUT2D eigenvalue weighted by molar-refractivity contribution is 5.78. The van der Waals surface area contributed by atoms with Crippen LogP contribution in [-0.2, 0) is 4.79 Å². The van der Waals surface area contributed by atoms with E-state index in [9.17, 15) is 15.0 Å². The summed E-state index contributed by atoms with van der Waals surface area (Å²) in [7, 11) is 0. The van der Waals surface area contributed by atoms with Crippen molar-refractivity contribution in [3.05, 3.63) is 0 Å². The summed E-state index contributed by atoms with van der Waals surface area (Å²) in [5.74, 6) is -0.177. The molecule has 5 nitrogen and oxygen atoms in total. The molecule has 2 rings (SSSR count). The standard InChI is InChI=1S/C10H17NO4/c12-5-6-4-7(13)10(15)9(6)11-3-1-2-8(11)14/h6-7,9-10,12-13,15H,1-5H2/t6-,7+,9+,10+/m1/s1. The van der Waals surface area contributed by atoms with Crippen LogP contribution in [0.5, 0.6) is 0 Å². The third-order valence-electron chi connectivity index (χ3n) is 3.48. The zero-order chi connectivity index (χ0) is 11.0. The van der Waals surface area contributed by atoms with Gasteiger partial charge in [0, 0.05) is 25.5 Å². The predicted molar refractivity (Wildman–Crippen MR) is 51.9 cm³/mol. The Bertz CT molecular complexity index is 258. The lowest BCUT2D eigenvalue weighted by molar-refractivity contribution is -0.133. The molecule has 86 valence electrons. The summed E-state index contributed by atoms with van der Waals surface area (Å²) in [6, 6.07) is -0.403. The van der Waals surface area contributed by atoms with Crippen molar-refractivity contribution in [2.24, 2.45) is 5.92 Å². The molecule has 0 bridgehead atoms. The van der Waals surface area contributed by atoms with Gasteiger partial charge in [-0.25, -0.2) is 0 Å². The topological polar surface area (TPSA) is 81.0 Å². The third-order valence-corrected chi connectivity index (χ3v) is 3.48. The lowest BCUT2D eigenvalue weighted by atomic mass is 10.0. The van der Waals surface area contributed by atoms with Crippen molar-refractivity contribution in [3.8, 4) is 0 Å². The van der Waals surface area contributed by atoms with E-state index in [4.69, 9.17) is 5.11 Å². The molecule has 0 unspecified atom stereocenters. The summed E-state index contributed by atoms with van der Waals surface area (Å²) >= 11 is 0. The average Bonchev–Trinajstić information content (AvgIpc) is 2.73. The molecule has 2 fully saturated rings. The van der Waals surface area contributed by atoms with Crippen LogP contribution in [0, 0.1) is 5.92 Å². The number of carbonyl (C=O) groups excluding carboxylic acids is 1. The minimum atomic E-state index is -0.913. The largest absolute Gasteiger partial charge is 0.396 e. The van der Waals surface area contributed by atoms with Gasteiger partial charge in [0.1, 0.15) is 6.10 Å². The van der Waals surface area contributed by atoms with E-state index in [1.807, 2.05) is 0 Å². The number of aliphatic hydroxyl groups is 3. The Morgan fingerprint density at radius 3 is 2.67 bits per heavy atom. The Morgan fingerprint density at radius 2 is 2.13 bits per heavy atom. The molecule has 3 N–H and O–H groups in total. The number of carbonyl (C=O) groups is 1. The number of hydrogen-bond acceptors (Lipinski definition) is 4. The van der Waals surface area contributed by atoms with E-state index in [-0.39, 0.29) is 18.4 Å². The van der Waals surface area contributed by atoms with Gasteiger partial charge in [0.15, 0.2) is 0 Å². The molecule has 1 aliphatic carbocycles. The van der Waals surface area contributed by atoms with Gasteiger partial charge in [-0.05, 0) is 12.8 Å². The van der Waals surface area contributed by atoms with Crippen molar-refractivity contribution < 1.29 is 20.1 Å². The molecule has 5 heteroatoms. The van der Waals surface area contributed by atoms with Gasteiger partial charge in [-0.2, -0.15) is 0 Å². The van der Waals surface area contributed by atoms with Gasteiger partial charge in [0.25, 0.3) is 0 Å². The second-order valence-electron chi connectivity index (χ2n) is 4.42. The molecule has 1 saturated heterocycles. The maximum absolute atomic E-state index is 11.5. The minimum absolute atomic E-state index is 0.0200. The fourth-order valence-corrected chi connectivity index (χ4v) is 2.70. The van der Waals surface area contributed by atoms with Crippen LogP contribution >= 0.6 is 0 Å². The van der Waals surface area contributed by atoms with Crippen LogP contribution in [0.25, 0.3) is 0 Å². The highest BCUT2D eigenvalue weighted by Crippen LogP contribution is 2.32. The summed E-state index contributed by atoms with van der Waals surface area (Å²) in [4.78, 5) is 13.1. The SMILES string of the molecule is O=C1CCCN1[C@H]1[C@@H](CO)C[C@H](O)[C@@H]1O. The van der Waals surface area contributed by atoms with E-state index in [0.717, 1.165) is 6.42 Å². The van der Waals surface area contributed by atoms with Gasteiger partial charge in [0.05, 0.1) is 12.1 Å². The lowest BCUT2D eigenvalue weighted by Crippen LogP contribution is -2.47. The van der Waals surface area contributed by atoms with E-state index < -0.39 is 18.2 Å². The summed E-state index contributed by atoms with van der Waals surface area (Å²) in [5, 5.41) is 28.5. The molecule has 1 heterocycles. The normalized spacial score (nSPS) is 41.5. The van der Waals surface area contributed by atoms with Gasteiger partial charge in [-0.15, -0.1) is 0 Å². The second kappa shape index (κ2) is 4.08. The van der Waals surface area contributed by atoms with Crippen LogP contribution < -0.4 is 0 Å². The Kier molecular flexibility index (Phi) is 2.95. The highest BCUT2D eigenvalue weighted by Gasteiger charge is 2.46. The Labute approximate surface area is 88.3 Å². The highest BCUT2D eigenvalue weighted by atomic mass is 16.3. The maximum atomic E-state index is 11.5. The first-order chi connectivity index (χ1) is 7.15. The molecule has 1 aliphatic heterocycles. The number of hydrogen-bond donors (Lipinski definition) is 3.